The molecule has 0 atom stereocenters. The lowest BCUT2D eigenvalue weighted by Gasteiger charge is -2.11. The minimum atomic E-state index is -0.319. The second kappa shape index (κ2) is 5.69. The first-order chi connectivity index (χ1) is 10.2. The summed E-state index contributed by atoms with van der Waals surface area (Å²) in [5.74, 6) is 0.468. The molecule has 3 nitrogen and oxygen atoms in total. The van der Waals surface area contributed by atoms with Crippen LogP contribution in [0.2, 0.25) is 0 Å². The van der Waals surface area contributed by atoms with E-state index in [1.54, 1.807) is 24.5 Å². The zero-order valence-electron chi connectivity index (χ0n) is 11.8. The maximum atomic E-state index is 13.8. The van der Waals surface area contributed by atoms with Crippen molar-refractivity contribution < 1.29 is 8.81 Å². The van der Waals surface area contributed by atoms with Gasteiger partial charge in [0.1, 0.15) is 11.5 Å². The van der Waals surface area contributed by atoms with E-state index in [9.17, 15) is 4.39 Å². The van der Waals surface area contributed by atoms with E-state index < -0.39 is 0 Å². The molecule has 0 fully saturated rings. The van der Waals surface area contributed by atoms with Crippen LogP contribution in [0.5, 0.6) is 0 Å². The molecule has 0 spiro atoms. The van der Waals surface area contributed by atoms with E-state index in [1.807, 2.05) is 17.5 Å². The van der Waals surface area contributed by atoms with Crippen LogP contribution in [0.25, 0.3) is 11.5 Å². The molecule has 2 aromatic heterocycles. The highest BCUT2D eigenvalue weighted by atomic mass is 32.1. The number of nitrogens with zero attached hydrogens (tertiary/aromatic N) is 2. The first kappa shape index (κ1) is 13.8. The Morgan fingerprint density at radius 3 is 2.67 bits per heavy atom. The van der Waals surface area contributed by atoms with E-state index >= 15 is 0 Å². The van der Waals surface area contributed by atoms with Gasteiger partial charge >= 0.3 is 0 Å². The molecule has 0 unspecified atom stereocenters. The quantitative estimate of drug-likeness (QED) is 0.686. The summed E-state index contributed by atoms with van der Waals surface area (Å²) in [7, 11) is 0. The Morgan fingerprint density at radius 2 is 2.00 bits per heavy atom. The summed E-state index contributed by atoms with van der Waals surface area (Å²) in [4.78, 5) is 5.21. The summed E-state index contributed by atoms with van der Waals surface area (Å²) in [5, 5.41) is 1.98. The van der Waals surface area contributed by atoms with Crippen molar-refractivity contribution in [2.45, 2.75) is 19.9 Å². The fourth-order valence-corrected chi connectivity index (χ4v) is 3.17. The van der Waals surface area contributed by atoms with Crippen molar-refractivity contribution in [2.24, 2.45) is 4.99 Å². The van der Waals surface area contributed by atoms with Gasteiger partial charge in [-0.2, -0.15) is 0 Å². The second-order valence-electron chi connectivity index (χ2n) is 4.91. The molecule has 0 aliphatic heterocycles. The van der Waals surface area contributed by atoms with E-state index in [4.69, 9.17) is 4.42 Å². The summed E-state index contributed by atoms with van der Waals surface area (Å²) < 4.78 is 21.3. The van der Waals surface area contributed by atoms with Crippen molar-refractivity contribution >= 4 is 17.0 Å². The summed E-state index contributed by atoms with van der Waals surface area (Å²) in [6.45, 7) is 4.14. The number of aromatic nitrogens is 1. The largest absolute Gasteiger partial charge is 0.463 e. The molecule has 0 saturated heterocycles. The number of halogens is 1. The summed E-state index contributed by atoms with van der Waals surface area (Å²) >= 11 is 1.48. The smallest absolute Gasteiger partial charge is 0.190 e. The monoisotopic (exact) mass is 302 g/mol. The predicted molar refractivity (Wildman–Crippen MR) is 82.0 cm³/mol. The molecule has 5 heteroatoms. The molecule has 2 heterocycles. The first-order valence-corrected chi connectivity index (χ1v) is 7.58. The van der Waals surface area contributed by atoms with Gasteiger partial charge < -0.3 is 8.98 Å². The van der Waals surface area contributed by atoms with Gasteiger partial charge in [-0.15, -0.1) is 11.3 Å². The van der Waals surface area contributed by atoms with Crippen LogP contribution in [0.1, 0.15) is 19.9 Å². The highest BCUT2D eigenvalue weighted by molar-refractivity contribution is 7.07. The molecule has 1 aromatic carbocycles. The molecule has 0 bridgehead atoms. The van der Waals surface area contributed by atoms with Gasteiger partial charge in [-0.05, 0) is 38.1 Å². The van der Waals surface area contributed by atoms with Crippen LogP contribution in [-0.4, -0.2) is 4.57 Å². The van der Waals surface area contributed by atoms with E-state index in [0.29, 0.717) is 5.69 Å². The third kappa shape index (κ3) is 2.69. The maximum Gasteiger partial charge on any atom is 0.190 e. The van der Waals surface area contributed by atoms with Crippen molar-refractivity contribution in [1.82, 2.24) is 4.57 Å². The number of thiazole rings is 1. The Bertz CT molecular complexity index is 800. The van der Waals surface area contributed by atoms with Crippen LogP contribution in [0.15, 0.2) is 57.5 Å². The average molecular weight is 302 g/mol. The summed E-state index contributed by atoms with van der Waals surface area (Å²) in [6.07, 6.45) is 1.64. The molecular weight excluding hydrogens is 287 g/mol. The van der Waals surface area contributed by atoms with Gasteiger partial charge in [0, 0.05) is 11.4 Å². The van der Waals surface area contributed by atoms with Gasteiger partial charge in [0.25, 0.3) is 0 Å². The van der Waals surface area contributed by atoms with Crippen molar-refractivity contribution in [3.63, 3.8) is 0 Å². The molecule has 0 radical (unpaired) electrons. The van der Waals surface area contributed by atoms with Crippen LogP contribution in [-0.2, 0) is 0 Å². The molecule has 3 rings (SSSR count). The normalized spacial score (nSPS) is 12.3. The zero-order chi connectivity index (χ0) is 14.8. The second-order valence-corrected chi connectivity index (χ2v) is 5.74. The third-order valence-electron chi connectivity index (χ3n) is 3.10. The van der Waals surface area contributed by atoms with Crippen molar-refractivity contribution in [3.05, 3.63) is 58.7 Å². The van der Waals surface area contributed by atoms with E-state index in [-0.39, 0.29) is 11.9 Å². The van der Waals surface area contributed by atoms with Crippen LogP contribution >= 0.6 is 11.3 Å². The van der Waals surface area contributed by atoms with Gasteiger partial charge in [0.05, 0.1) is 12.0 Å². The Balaban J connectivity index is 2.18. The van der Waals surface area contributed by atoms with Gasteiger partial charge in [0.2, 0.25) is 0 Å². The Kier molecular flexibility index (Phi) is 3.75. The molecule has 0 saturated carbocycles. The topological polar surface area (TPSA) is 30.4 Å². The van der Waals surface area contributed by atoms with Crippen LogP contribution in [0, 0.1) is 5.82 Å². The Labute approximate surface area is 126 Å². The molecule has 3 aromatic rings. The molecule has 0 aliphatic carbocycles. The summed E-state index contributed by atoms with van der Waals surface area (Å²) in [6, 6.07) is 10.5. The Hall–Kier alpha value is -2.14. The van der Waals surface area contributed by atoms with E-state index in [1.165, 1.54) is 17.4 Å². The maximum absolute atomic E-state index is 13.8. The molecule has 0 N–H and O–H groups in total. The molecular formula is C16H15FN2OS. The lowest BCUT2D eigenvalue weighted by atomic mass is 10.3. The SMILES string of the molecule is CC(C)n1c(-c2ccco2)csc1=Nc1ccccc1F. The van der Waals surface area contributed by atoms with Crippen LogP contribution < -0.4 is 4.80 Å². The molecule has 0 aliphatic rings. The lowest BCUT2D eigenvalue weighted by molar-refractivity contribution is 0.548. The molecule has 108 valence electrons. The number of para-hydroxylation sites is 1. The number of hydrogen-bond donors (Lipinski definition) is 0. The van der Waals surface area contributed by atoms with Gasteiger partial charge in [-0.25, -0.2) is 9.38 Å². The fraction of sp³-hybridized carbons (Fsp3) is 0.188. The Morgan fingerprint density at radius 1 is 1.19 bits per heavy atom. The van der Waals surface area contributed by atoms with Gasteiger partial charge in [-0.3, -0.25) is 0 Å². The molecule has 0 amide bonds. The van der Waals surface area contributed by atoms with Crippen molar-refractivity contribution in [2.75, 3.05) is 0 Å². The highest BCUT2D eigenvalue weighted by Crippen LogP contribution is 2.24. The van der Waals surface area contributed by atoms with Gasteiger partial charge in [-0.1, -0.05) is 12.1 Å². The zero-order valence-corrected chi connectivity index (χ0v) is 12.6. The standard InChI is InChI=1S/C16H15FN2OS/c1-11(2)19-14(15-8-5-9-20-15)10-21-16(19)18-13-7-4-3-6-12(13)17/h3-11H,1-2H3. The van der Waals surface area contributed by atoms with Crippen molar-refractivity contribution in [3.8, 4) is 11.5 Å². The van der Waals surface area contributed by atoms with E-state index in [2.05, 4.69) is 23.4 Å². The minimum absolute atomic E-state index is 0.196. The van der Waals surface area contributed by atoms with E-state index in [0.717, 1.165) is 16.3 Å². The van der Waals surface area contributed by atoms with Crippen LogP contribution in [0.3, 0.4) is 0 Å². The number of furan rings is 1. The predicted octanol–water partition coefficient (Wildman–Crippen LogP) is 4.76. The lowest BCUT2D eigenvalue weighted by Crippen LogP contribution is -2.17. The highest BCUT2D eigenvalue weighted by Gasteiger charge is 2.13. The molecule has 21 heavy (non-hydrogen) atoms. The number of hydrogen-bond acceptors (Lipinski definition) is 3. The number of benzene rings is 1. The van der Waals surface area contributed by atoms with Crippen molar-refractivity contribution in [1.29, 1.82) is 0 Å². The minimum Gasteiger partial charge on any atom is -0.463 e. The summed E-state index contributed by atoms with van der Waals surface area (Å²) in [5.41, 5.74) is 1.30. The third-order valence-corrected chi connectivity index (χ3v) is 3.94. The average Bonchev–Trinajstić information content (AvgIpc) is 3.09. The first-order valence-electron chi connectivity index (χ1n) is 6.70. The number of rotatable bonds is 3. The van der Waals surface area contributed by atoms with Gasteiger partial charge in [0.15, 0.2) is 10.6 Å². The van der Waals surface area contributed by atoms with Crippen LogP contribution in [0.4, 0.5) is 10.1 Å². The fourth-order valence-electron chi connectivity index (χ4n) is 2.15.